The lowest BCUT2D eigenvalue weighted by molar-refractivity contribution is -0.118. The molecule has 4 rings (SSSR count). The molecule has 1 aromatic carbocycles. The number of aromatic nitrogens is 4. The summed E-state index contributed by atoms with van der Waals surface area (Å²) in [5.74, 6) is 1.63. The maximum atomic E-state index is 11.3. The third-order valence-electron chi connectivity index (χ3n) is 4.77. The second kappa shape index (κ2) is 9.76. The van der Waals surface area contributed by atoms with Gasteiger partial charge in [0.15, 0.2) is 11.0 Å². The first-order chi connectivity index (χ1) is 15.0. The van der Waals surface area contributed by atoms with Gasteiger partial charge < -0.3 is 10.3 Å². The summed E-state index contributed by atoms with van der Waals surface area (Å²) in [6, 6.07) is 12.6. The first kappa shape index (κ1) is 21.7. The van der Waals surface area contributed by atoms with Crippen molar-refractivity contribution in [2.75, 3.05) is 0 Å². The zero-order valence-electron chi connectivity index (χ0n) is 17.3. The number of thioether (sulfide) groups is 1. The Bertz CT molecular complexity index is 1150. The monoisotopic (exact) mass is 469 g/mol. The van der Waals surface area contributed by atoms with Gasteiger partial charge in [-0.1, -0.05) is 55.9 Å². The Morgan fingerprint density at radius 1 is 1.16 bits per heavy atom. The Balaban J connectivity index is 1.48. The topological polar surface area (TPSA) is 86.7 Å². The van der Waals surface area contributed by atoms with Gasteiger partial charge in [0.1, 0.15) is 5.01 Å². The van der Waals surface area contributed by atoms with E-state index in [1.54, 1.807) is 34.4 Å². The highest BCUT2D eigenvalue weighted by molar-refractivity contribution is 7.98. The number of nitrogens with zero attached hydrogens (tertiary/aromatic N) is 4. The molecule has 3 heterocycles. The van der Waals surface area contributed by atoms with Crippen molar-refractivity contribution in [3.63, 3.8) is 0 Å². The van der Waals surface area contributed by atoms with Crippen LogP contribution in [-0.4, -0.2) is 25.7 Å². The minimum atomic E-state index is -0.339. The summed E-state index contributed by atoms with van der Waals surface area (Å²) >= 11 is 4.81. The van der Waals surface area contributed by atoms with Crippen molar-refractivity contribution >= 4 is 40.3 Å². The zero-order valence-corrected chi connectivity index (χ0v) is 19.8. The van der Waals surface area contributed by atoms with E-state index >= 15 is 0 Å². The smallest absolute Gasteiger partial charge is 0.219 e. The Morgan fingerprint density at radius 2 is 1.97 bits per heavy atom. The average molecular weight is 470 g/mol. The summed E-state index contributed by atoms with van der Waals surface area (Å²) in [7, 11) is 0. The molecular formula is C22H23N5OS3. The van der Waals surface area contributed by atoms with E-state index < -0.39 is 0 Å². The van der Waals surface area contributed by atoms with Crippen LogP contribution in [0, 0.1) is 0 Å². The molecule has 2 N–H and O–H groups in total. The van der Waals surface area contributed by atoms with Gasteiger partial charge in [0, 0.05) is 29.7 Å². The Labute approximate surface area is 193 Å². The third-order valence-corrected chi connectivity index (χ3v) is 7.57. The van der Waals surface area contributed by atoms with Crippen LogP contribution in [0.3, 0.4) is 0 Å². The molecule has 0 radical (unpaired) electrons. The van der Waals surface area contributed by atoms with Crippen molar-refractivity contribution in [3.05, 3.63) is 58.4 Å². The van der Waals surface area contributed by atoms with Gasteiger partial charge in [-0.2, -0.15) is 0 Å². The van der Waals surface area contributed by atoms with Crippen molar-refractivity contribution in [1.82, 2.24) is 19.7 Å². The summed E-state index contributed by atoms with van der Waals surface area (Å²) in [6.07, 6.45) is 0.247. The molecule has 0 saturated heterocycles. The van der Waals surface area contributed by atoms with E-state index in [4.69, 9.17) is 10.7 Å². The molecule has 160 valence electrons. The van der Waals surface area contributed by atoms with Gasteiger partial charge in [0.2, 0.25) is 5.91 Å². The summed E-state index contributed by atoms with van der Waals surface area (Å²) in [6.45, 7) is 4.85. The van der Waals surface area contributed by atoms with Gasteiger partial charge >= 0.3 is 0 Å². The second-order valence-electron chi connectivity index (χ2n) is 7.36. The molecule has 3 aromatic heterocycles. The van der Waals surface area contributed by atoms with Crippen LogP contribution in [0.25, 0.3) is 21.3 Å². The quantitative estimate of drug-likeness (QED) is 0.331. The van der Waals surface area contributed by atoms with Crippen molar-refractivity contribution in [3.8, 4) is 21.3 Å². The Hall–Kier alpha value is -2.49. The fourth-order valence-corrected chi connectivity index (χ4v) is 5.57. The van der Waals surface area contributed by atoms with Crippen LogP contribution in [0.4, 0.5) is 0 Å². The van der Waals surface area contributed by atoms with Crippen LogP contribution in [0.1, 0.15) is 37.4 Å². The lowest BCUT2D eigenvalue weighted by Crippen LogP contribution is -2.14. The third kappa shape index (κ3) is 5.23. The maximum absolute atomic E-state index is 11.3. The molecule has 1 amide bonds. The van der Waals surface area contributed by atoms with E-state index in [2.05, 4.69) is 53.7 Å². The molecule has 0 aliphatic carbocycles. The number of primary amides is 1. The second-order valence-corrected chi connectivity index (χ2v) is 10.1. The van der Waals surface area contributed by atoms with Gasteiger partial charge in [-0.3, -0.25) is 4.79 Å². The van der Waals surface area contributed by atoms with Crippen LogP contribution in [0.5, 0.6) is 0 Å². The molecule has 0 fully saturated rings. The minimum absolute atomic E-state index is 0.247. The number of rotatable bonds is 9. The molecule has 31 heavy (non-hydrogen) atoms. The fraction of sp³-hybridized carbons (Fsp3) is 0.273. The highest BCUT2D eigenvalue weighted by Gasteiger charge is 2.16. The lowest BCUT2D eigenvalue weighted by Gasteiger charge is -2.07. The molecule has 0 atom stereocenters. The van der Waals surface area contributed by atoms with Crippen LogP contribution in [0.15, 0.2) is 52.3 Å². The number of thiophene rings is 1. The number of benzene rings is 1. The van der Waals surface area contributed by atoms with E-state index in [0.29, 0.717) is 18.2 Å². The van der Waals surface area contributed by atoms with E-state index in [0.717, 1.165) is 32.1 Å². The van der Waals surface area contributed by atoms with Crippen LogP contribution < -0.4 is 5.73 Å². The fourth-order valence-electron chi connectivity index (χ4n) is 3.06. The molecule has 0 unspecified atom stereocenters. The van der Waals surface area contributed by atoms with Gasteiger partial charge in [0.25, 0.3) is 0 Å². The van der Waals surface area contributed by atoms with Crippen molar-refractivity contribution in [1.29, 1.82) is 0 Å². The number of amides is 1. The van der Waals surface area contributed by atoms with Crippen LogP contribution in [0.2, 0.25) is 0 Å². The molecule has 6 nitrogen and oxygen atoms in total. The minimum Gasteiger partial charge on any atom is -0.370 e. The molecular weight excluding hydrogens is 446 g/mol. The van der Waals surface area contributed by atoms with Crippen LogP contribution >= 0.6 is 34.4 Å². The predicted octanol–water partition coefficient (Wildman–Crippen LogP) is 5.42. The van der Waals surface area contributed by atoms with E-state index in [9.17, 15) is 4.79 Å². The lowest BCUT2D eigenvalue weighted by atomic mass is 10.0. The van der Waals surface area contributed by atoms with Gasteiger partial charge in [-0.05, 0) is 22.9 Å². The molecule has 9 heteroatoms. The van der Waals surface area contributed by atoms with Crippen molar-refractivity contribution < 1.29 is 4.79 Å². The number of carbonyl (C=O) groups is 1. The average Bonchev–Trinajstić information content (AvgIpc) is 3.51. The van der Waals surface area contributed by atoms with Crippen molar-refractivity contribution in [2.24, 2.45) is 5.73 Å². The highest BCUT2D eigenvalue weighted by atomic mass is 32.2. The predicted molar refractivity (Wildman–Crippen MR) is 128 cm³/mol. The highest BCUT2D eigenvalue weighted by Crippen LogP contribution is 2.31. The Morgan fingerprint density at radius 3 is 2.65 bits per heavy atom. The number of hydrogen-bond acceptors (Lipinski definition) is 7. The molecule has 0 bridgehead atoms. The summed E-state index contributed by atoms with van der Waals surface area (Å²) in [4.78, 5) is 17.2. The SMILES string of the molecule is CC(C)c1ccc(-c2nc(CSc3nnc(-c4cccs4)n3CCC(N)=O)cs2)cc1. The van der Waals surface area contributed by atoms with Gasteiger partial charge in [-0.25, -0.2) is 4.98 Å². The molecule has 0 aliphatic rings. The number of nitrogens with two attached hydrogens (primary N) is 1. The largest absolute Gasteiger partial charge is 0.370 e. The Kier molecular flexibility index (Phi) is 6.84. The standard InChI is InChI=1S/C22H23N5OS3/c1-14(2)15-5-7-16(8-6-15)21-24-17(12-30-21)13-31-22-26-25-20(18-4-3-11-29-18)27(22)10-9-19(23)28/h3-8,11-12,14H,9-10,13H2,1-2H3,(H2,23,28). The van der Waals surface area contributed by atoms with E-state index in [1.165, 1.54) is 5.56 Å². The van der Waals surface area contributed by atoms with Crippen LogP contribution in [-0.2, 0) is 17.1 Å². The zero-order chi connectivity index (χ0) is 21.8. The summed E-state index contributed by atoms with van der Waals surface area (Å²) in [5, 5.41) is 14.6. The number of hydrogen-bond donors (Lipinski definition) is 1. The number of thiazole rings is 1. The summed E-state index contributed by atoms with van der Waals surface area (Å²) in [5.41, 5.74) is 8.83. The summed E-state index contributed by atoms with van der Waals surface area (Å²) < 4.78 is 1.97. The first-order valence-electron chi connectivity index (χ1n) is 9.94. The van der Waals surface area contributed by atoms with Crippen molar-refractivity contribution in [2.45, 2.75) is 43.6 Å². The molecule has 0 saturated carbocycles. The number of carbonyl (C=O) groups excluding carboxylic acids is 1. The molecule has 0 aliphatic heterocycles. The molecule has 0 spiro atoms. The maximum Gasteiger partial charge on any atom is 0.219 e. The van der Waals surface area contributed by atoms with E-state index in [-0.39, 0.29) is 12.3 Å². The van der Waals surface area contributed by atoms with E-state index in [1.807, 2.05) is 22.1 Å². The first-order valence-corrected chi connectivity index (χ1v) is 12.7. The molecule has 4 aromatic rings. The normalized spacial score (nSPS) is 11.3. The van der Waals surface area contributed by atoms with Gasteiger partial charge in [-0.15, -0.1) is 32.9 Å². The van der Waals surface area contributed by atoms with Gasteiger partial charge in [0.05, 0.1) is 10.6 Å².